The Hall–Kier alpha value is -2.36. The summed E-state index contributed by atoms with van der Waals surface area (Å²) in [6.07, 6.45) is 6.53. The molecule has 2 aromatic rings. The van der Waals surface area contributed by atoms with E-state index < -0.39 is 11.0 Å². The molecule has 0 bridgehead atoms. The number of hydrogen-bond donors (Lipinski definition) is 0. The summed E-state index contributed by atoms with van der Waals surface area (Å²) >= 11 is 5.94. The fraction of sp³-hybridized carbons (Fsp3) is 0.391. The molecular formula is C23H24ClN3O2S. The highest BCUT2D eigenvalue weighted by Gasteiger charge is 2.29. The van der Waals surface area contributed by atoms with Crippen molar-refractivity contribution in [3.8, 4) is 17.6 Å². The summed E-state index contributed by atoms with van der Waals surface area (Å²) in [5, 5.41) is 9.76. The van der Waals surface area contributed by atoms with Crippen LogP contribution in [0, 0.1) is 11.3 Å². The van der Waals surface area contributed by atoms with Gasteiger partial charge < -0.3 is 9.64 Å². The first-order chi connectivity index (χ1) is 14.6. The molecule has 0 aliphatic carbocycles. The Morgan fingerprint density at radius 3 is 2.90 bits per heavy atom. The maximum Gasteiger partial charge on any atom is 0.145 e. The zero-order valence-corrected chi connectivity index (χ0v) is 18.3. The summed E-state index contributed by atoms with van der Waals surface area (Å²) in [6.45, 7) is 0.873. The molecular weight excluding hydrogens is 418 g/mol. The lowest BCUT2D eigenvalue weighted by Gasteiger charge is -2.40. The second kappa shape index (κ2) is 9.63. The van der Waals surface area contributed by atoms with Crippen LogP contribution >= 0.6 is 11.6 Å². The second-order valence-electron chi connectivity index (χ2n) is 7.66. The van der Waals surface area contributed by atoms with Crippen LogP contribution in [-0.4, -0.2) is 33.3 Å². The van der Waals surface area contributed by atoms with Crippen LogP contribution in [0.2, 0.25) is 5.02 Å². The summed E-state index contributed by atoms with van der Waals surface area (Å²) < 4.78 is 21.9. The van der Waals surface area contributed by atoms with Gasteiger partial charge in [0.25, 0.3) is 0 Å². The van der Waals surface area contributed by atoms with Crippen molar-refractivity contribution in [2.75, 3.05) is 12.3 Å². The van der Waals surface area contributed by atoms with Crippen LogP contribution in [0.15, 0.2) is 46.9 Å². The smallest absolute Gasteiger partial charge is 0.145 e. The fourth-order valence-electron chi connectivity index (χ4n) is 4.13. The minimum Gasteiger partial charge on any atom is -0.456 e. The van der Waals surface area contributed by atoms with Crippen LogP contribution in [0.4, 0.5) is 0 Å². The fourth-order valence-corrected chi connectivity index (χ4v) is 5.17. The van der Waals surface area contributed by atoms with Crippen LogP contribution in [0.25, 0.3) is 0 Å². The van der Waals surface area contributed by atoms with Crippen molar-refractivity contribution < 1.29 is 8.95 Å². The number of hydrogen-bond acceptors (Lipinski definition) is 4. The highest BCUT2D eigenvalue weighted by atomic mass is 35.5. The van der Waals surface area contributed by atoms with E-state index in [2.05, 4.69) is 27.5 Å². The van der Waals surface area contributed by atoms with Gasteiger partial charge in [0, 0.05) is 24.0 Å². The van der Waals surface area contributed by atoms with E-state index in [1.165, 1.54) is 12.0 Å². The number of amidine groups is 1. The third-order valence-electron chi connectivity index (χ3n) is 5.64. The molecule has 5 nitrogen and oxygen atoms in total. The molecule has 0 saturated carbocycles. The Kier molecular flexibility index (Phi) is 6.71. The SMILES string of the molecule is N#Cc1cc(Cl)ccc1Oc1ccc(CCCC2CCCC3=NS(=O)CCN32)cc1. The topological polar surface area (TPSA) is 65.7 Å². The van der Waals surface area contributed by atoms with Crippen LogP contribution in [0.5, 0.6) is 11.5 Å². The van der Waals surface area contributed by atoms with Crippen LogP contribution < -0.4 is 4.74 Å². The van der Waals surface area contributed by atoms with Gasteiger partial charge in [-0.15, -0.1) is 0 Å². The van der Waals surface area contributed by atoms with Gasteiger partial charge in [-0.05, 0) is 68.0 Å². The van der Waals surface area contributed by atoms with E-state index in [9.17, 15) is 9.47 Å². The molecule has 4 rings (SSSR count). The minimum atomic E-state index is -1.02. The average molecular weight is 442 g/mol. The van der Waals surface area contributed by atoms with Gasteiger partial charge in [0.1, 0.15) is 34.4 Å². The van der Waals surface area contributed by atoms with E-state index in [0.717, 1.165) is 44.5 Å². The third kappa shape index (κ3) is 5.03. The molecule has 2 unspecified atom stereocenters. The van der Waals surface area contributed by atoms with Crippen LogP contribution in [0.3, 0.4) is 0 Å². The van der Waals surface area contributed by atoms with Crippen molar-refractivity contribution in [2.45, 2.75) is 44.6 Å². The minimum absolute atomic E-state index is 0.420. The summed E-state index contributed by atoms with van der Waals surface area (Å²) in [5.74, 6) is 2.91. The van der Waals surface area contributed by atoms with Gasteiger partial charge in [0.05, 0.1) is 11.3 Å². The van der Waals surface area contributed by atoms with E-state index in [1.807, 2.05) is 12.1 Å². The Bertz CT molecular complexity index is 1000. The lowest BCUT2D eigenvalue weighted by atomic mass is 9.95. The van der Waals surface area contributed by atoms with Crippen molar-refractivity contribution in [3.05, 3.63) is 58.6 Å². The second-order valence-corrected chi connectivity index (χ2v) is 9.33. The van der Waals surface area contributed by atoms with E-state index in [1.54, 1.807) is 18.2 Å². The third-order valence-corrected chi connectivity index (χ3v) is 6.82. The van der Waals surface area contributed by atoms with Gasteiger partial charge in [-0.1, -0.05) is 23.7 Å². The average Bonchev–Trinajstić information content (AvgIpc) is 2.76. The number of nitrogens with zero attached hydrogens (tertiary/aromatic N) is 3. The molecule has 30 heavy (non-hydrogen) atoms. The van der Waals surface area contributed by atoms with Crippen molar-refractivity contribution in [3.63, 3.8) is 0 Å². The van der Waals surface area contributed by atoms with Crippen molar-refractivity contribution in [1.82, 2.24) is 4.90 Å². The molecule has 1 fully saturated rings. The normalized spacial score (nSPS) is 20.8. The first kappa shape index (κ1) is 20.9. The maximum atomic E-state index is 11.7. The molecule has 0 aromatic heterocycles. The lowest BCUT2D eigenvalue weighted by Crippen LogP contribution is -2.47. The standard InChI is InChI=1S/C23H24ClN3O2S/c24-19-9-12-22(18(15-19)16-25)29-21-10-7-17(8-11-21)3-1-4-20-5-2-6-23-26-30(28)14-13-27(20)23/h7-12,15,20H,1-6,13-14H2. The van der Waals surface area contributed by atoms with Crippen molar-refractivity contribution in [2.24, 2.45) is 4.40 Å². The largest absolute Gasteiger partial charge is 0.456 e. The summed E-state index contributed by atoms with van der Waals surface area (Å²) in [7, 11) is -1.02. The van der Waals surface area contributed by atoms with Crippen molar-refractivity contribution in [1.29, 1.82) is 5.26 Å². The molecule has 7 heteroatoms. The highest BCUT2D eigenvalue weighted by molar-refractivity contribution is 7.83. The molecule has 2 atom stereocenters. The molecule has 2 heterocycles. The van der Waals surface area contributed by atoms with Crippen molar-refractivity contribution >= 4 is 28.4 Å². The Morgan fingerprint density at radius 1 is 1.27 bits per heavy atom. The number of rotatable bonds is 6. The quantitative estimate of drug-likeness (QED) is 0.613. The molecule has 2 aliphatic heterocycles. The monoisotopic (exact) mass is 441 g/mol. The summed E-state index contributed by atoms with van der Waals surface area (Å²) in [4.78, 5) is 2.39. The number of ether oxygens (including phenoxy) is 1. The maximum absolute atomic E-state index is 11.7. The molecule has 1 saturated heterocycles. The predicted octanol–water partition coefficient (Wildman–Crippen LogP) is 5.26. The van der Waals surface area contributed by atoms with E-state index in [0.29, 0.717) is 33.9 Å². The number of benzene rings is 2. The predicted molar refractivity (Wildman–Crippen MR) is 120 cm³/mol. The number of aryl methyl sites for hydroxylation is 1. The van der Waals surface area contributed by atoms with Gasteiger partial charge in [-0.2, -0.15) is 9.66 Å². The molecule has 0 N–H and O–H groups in total. The Labute approximate surface area is 184 Å². The van der Waals surface area contributed by atoms with Gasteiger partial charge in [0.15, 0.2) is 0 Å². The van der Waals surface area contributed by atoms with Crippen LogP contribution in [-0.2, 0) is 17.4 Å². The zero-order chi connectivity index (χ0) is 20.9. The molecule has 0 radical (unpaired) electrons. The first-order valence-electron chi connectivity index (χ1n) is 10.3. The van der Waals surface area contributed by atoms with Gasteiger partial charge in [-0.3, -0.25) is 0 Å². The molecule has 2 aromatic carbocycles. The number of nitriles is 1. The molecule has 0 amide bonds. The lowest BCUT2D eigenvalue weighted by molar-refractivity contribution is 0.255. The van der Waals surface area contributed by atoms with Crippen LogP contribution in [0.1, 0.15) is 43.2 Å². The number of fused-ring (bicyclic) bond motifs is 1. The number of halogens is 1. The first-order valence-corrected chi connectivity index (χ1v) is 12.0. The molecule has 156 valence electrons. The van der Waals surface area contributed by atoms with Gasteiger partial charge in [-0.25, -0.2) is 4.21 Å². The number of piperidine rings is 1. The van der Waals surface area contributed by atoms with E-state index in [4.69, 9.17) is 16.3 Å². The molecule has 0 spiro atoms. The van der Waals surface area contributed by atoms with Gasteiger partial charge in [0.2, 0.25) is 0 Å². The Balaban J connectivity index is 1.31. The van der Waals surface area contributed by atoms with E-state index in [-0.39, 0.29) is 0 Å². The zero-order valence-electron chi connectivity index (χ0n) is 16.7. The Morgan fingerprint density at radius 2 is 2.10 bits per heavy atom. The van der Waals surface area contributed by atoms with Gasteiger partial charge >= 0.3 is 0 Å². The summed E-state index contributed by atoms with van der Waals surface area (Å²) in [5.41, 5.74) is 1.69. The van der Waals surface area contributed by atoms with E-state index >= 15 is 0 Å². The highest BCUT2D eigenvalue weighted by Crippen LogP contribution is 2.29. The summed E-state index contributed by atoms with van der Waals surface area (Å²) in [6, 6.07) is 15.7. The molecule has 2 aliphatic rings.